The lowest BCUT2D eigenvalue weighted by molar-refractivity contribution is 0.586. The number of nitrogens with zero attached hydrogens (tertiary/aromatic N) is 3. The fourth-order valence-electron chi connectivity index (χ4n) is 1.96. The smallest absolute Gasteiger partial charge is 0.223 e. The van der Waals surface area contributed by atoms with Gasteiger partial charge < -0.3 is 5.32 Å². The van der Waals surface area contributed by atoms with E-state index in [4.69, 9.17) is 0 Å². The minimum absolute atomic E-state index is 0.286. The Morgan fingerprint density at radius 1 is 1.20 bits per heavy atom. The normalized spacial score (nSPS) is 10.8. The molecule has 0 saturated heterocycles. The summed E-state index contributed by atoms with van der Waals surface area (Å²) in [6.45, 7) is 0. The van der Waals surface area contributed by atoms with E-state index in [1.165, 1.54) is 6.20 Å². The molecule has 4 nitrogen and oxygen atoms in total. The molecule has 1 aromatic carbocycles. The standard InChI is InChI=1S/C14H10BrFN4/c1-17-13-10-7-8(15)4-5-11(10)19-14(20-13)9-3-2-6-18-12(9)16/h2-7H,1H3,(H,17,19,20). The van der Waals surface area contributed by atoms with E-state index in [-0.39, 0.29) is 5.56 Å². The lowest BCUT2D eigenvalue weighted by Crippen LogP contribution is -2.00. The summed E-state index contributed by atoms with van der Waals surface area (Å²) >= 11 is 3.42. The van der Waals surface area contributed by atoms with Crippen LogP contribution < -0.4 is 5.32 Å². The minimum Gasteiger partial charge on any atom is -0.373 e. The van der Waals surface area contributed by atoms with Gasteiger partial charge in [0.1, 0.15) is 5.82 Å². The molecule has 0 atom stereocenters. The highest BCUT2D eigenvalue weighted by molar-refractivity contribution is 9.10. The average molecular weight is 333 g/mol. The van der Waals surface area contributed by atoms with E-state index in [0.29, 0.717) is 11.6 Å². The van der Waals surface area contributed by atoms with E-state index < -0.39 is 5.95 Å². The zero-order valence-electron chi connectivity index (χ0n) is 10.6. The molecule has 0 spiro atoms. The van der Waals surface area contributed by atoms with Crippen LogP contribution >= 0.6 is 15.9 Å². The molecular weight excluding hydrogens is 323 g/mol. The average Bonchev–Trinajstić information content (AvgIpc) is 2.46. The summed E-state index contributed by atoms with van der Waals surface area (Å²) in [5, 5.41) is 3.88. The van der Waals surface area contributed by atoms with Gasteiger partial charge in [0.2, 0.25) is 5.95 Å². The predicted molar refractivity (Wildman–Crippen MR) is 80.0 cm³/mol. The van der Waals surface area contributed by atoms with Gasteiger partial charge in [-0.2, -0.15) is 4.39 Å². The van der Waals surface area contributed by atoms with Crippen molar-refractivity contribution in [1.82, 2.24) is 15.0 Å². The van der Waals surface area contributed by atoms with Crippen LogP contribution in [0.25, 0.3) is 22.3 Å². The van der Waals surface area contributed by atoms with Crippen LogP contribution in [-0.2, 0) is 0 Å². The molecule has 0 aliphatic heterocycles. The van der Waals surface area contributed by atoms with Gasteiger partial charge >= 0.3 is 0 Å². The lowest BCUT2D eigenvalue weighted by atomic mass is 10.2. The topological polar surface area (TPSA) is 50.7 Å². The molecule has 0 amide bonds. The van der Waals surface area contributed by atoms with E-state index in [0.717, 1.165) is 15.4 Å². The number of hydrogen-bond acceptors (Lipinski definition) is 4. The summed E-state index contributed by atoms with van der Waals surface area (Å²) in [6, 6.07) is 8.94. The van der Waals surface area contributed by atoms with Gasteiger partial charge in [0.05, 0.1) is 11.1 Å². The number of anilines is 1. The van der Waals surface area contributed by atoms with Crippen LogP contribution in [0.15, 0.2) is 41.0 Å². The Bertz CT molecular complexity index is 791. The van der Waals surface area contributed by atoms with Crippen molar-refractivity contribution in [2.24, 2.45) is 0 Å². The third-order valence-corrected chi connectivity index (χ3v) is 3.39. The molecule has 1 N–H and O–H groups in total. The first kappa shape index (κ1) is 12.9. The first-order valence-corrected chi connectivity index (χ1v) is 6.74. The Morgan fingerprint density at radius 3 is 2.80 bits per heavy atom. The Balaban J connectivity index is 2.29. The zero-order valence-corrected chi connectivity index (χ0v) is 12.1. The second-order valence-electron chi connectivity index (χ2n) is 4.15. The van der Waals surface area contributed by atoms with Crippen LogP contribution in [0, 0.1) is 5.95 Å². The number of nitrogens with one attached hydrogen (secondary N) is 1. The van der Waals surface area contributed by atoms with Crippen LogP contribution in [0.3, 0.4) is 0 Å². The van der Waals surface area contributed by atoms with Crippen molar-refractivity contribution in [1.29, 1.82) is 0 Å². The fraction of sp³-hybridized carbons (Fsp3) is 0.0714. The first-order chi connectivity index (χ1) is 9.69. The number of rotatable bonds is 2. The monoisotopic (exact) mass is 332 g/mol. The SMILES string of the molecule is CNc1nc(-c2cccnc2F)nc2ccc(Br)cc12. The molecule has 6 heteroatoms. The van der Waals surface area contributed by atoms with Crippen molar-refractivity contribution >= 4 is 32.7 Å². The lowest BCUT2D eigenvalue weighted by Gasteiger charge is -2.08. The molecule has 0 aliphatic carbocycles. The molecule has 0 radical (unpaired) electrons. The second kappa shape index (κ2) is 5.13. The van der Waals surface area contributed by atoms with Gasteiger partial charge in [-0.15, -0.1) is 0 Å². The van der Waals surface area contributed by atoms with Gasteiger partial charge in [-0.1, -0.05) is 15.9 Å². The number of halogens is 2. The summed E-state index contributed by atoms with van der Waals surface area (Å²) in [6.07, 6.45) is 1.40. The number of hydrogen-bond donors (Lipinski definition) is 1. The number of pyridine rings is 1. The van der Waals surface area contributed by atoms with E-state index in [9.17, 15) is 4.39 Å². The minimum atomic E-state index is -0.578. The summed E-state index contributed by atoms with van der Waals surface area (Å²) in [4.78, 5) is 12.4. The Morgan fingerprint density at radius 2 is 2.05 bits per heavy atom. The maximum atomic E-state index is 13.8. The Hall–Kier alpha value is -2.08. The third kappa shape index (κ3) is 2.22. The molecule has 0 fully saturated rings. The van der Waals surface area contributed by atoms with E-state index in [1.54, 1.807) is 19.2 Å². The van der Waals surface area contributed by atoms with Crippen molar-refractivity contribution < 1.29 is 4.39 Å². The first-order valence-electron chi connectivity index (χ1n) is 5.95. The highest BCUT2D eigenvalue weighted by Crippen LogP contribution is 2.27. The number of aromatic nitrogens is 3. The van der Waals surface area contributed by atoms with Crippen LogP contribution in [0.1, 0.15) is 0 Å². The maximum Gasteiger partial charge on any atom is 0.223 e. The van der Waals surface area contributed by atoms with Crippen molar-refractivity contribution in [3.63, 3.8) is 0 Å². The Labute approximate surface area is 123 Å². The molecule has 20 heavy (non-hydrogen) atoms. The number of benzene rings is 1. The molecule has 0 bridgehead atoms. The summed E-state index contributed by atoms with van der Waals surface area (Å²) in [5.74, 6) is 0.385. The van der Waals surface area contributed by atoms with Gasteiger partial charge in [0.15, 0.2) is 5.82 Å². The zero-order chi connectivity index (χ0) is 14.1. The van der Waals surface area contributed by atoms with Crippen molar-refractivity contribution in [2.45, 2.75) is 0 Å². The predicted octanol–water partition coefficient (Wildman–Crippen LogP) is 3.64. The molecule has 2 heterocycles. The van der Waals surface area contributed by atoms with E-state index in [1.807, 2.05) is 18.2 Å². The van der Waals surface area contributed by atoms with Crippen molar-refractivity contribution in [3.05, 3.63) is 46.9 Å². The van der Waals surface area contributed by atoms with E-state index >= 15 is 0 Å². The van der Waals surface area contributed by atoms with Gasteiger partial charge in [-0.3, -0.25) is 0 Å². The van der Waals surface area contributed by atoms with Gasteiger partial charge in [-0.05, 0) is 30.3 Å². The van der Waals surface area contributed by atoms with Crippen molar-refractivity contribution in [2.75, 3.05) is 12.4 Å². The van der Waals surface area contributed by atoms with Gasteiger partial charge in [-0.25, -0.2) is 15.0 Å². The quantitative estimate of drug-likeness (QED) is 0.728. The summed E-state index contributed by atoms with van der Waals surface area (Å²) < 4.78 is 14.7. The molecule has 2 aromatic heterocycles. The van der Waals surface area contributed by atoms with Crippen LogP contribution in [-0.4, -0.2) is 22.0 Å². The third-order valence-electron chi connectivity index (χ3n) is 2.89. The van der Waals surface area contributed by atoms with Crippen LogP contribution in [0.5, 0.6) is 0 Å². The highest BCUT2D eigenvalue weighted by atomic mass is 79.9. The highest BCUT2D eigenvalue weighted by Gasteiger charge is 2.12. The molecule has 100 valence electrons. The van der Waals surface area contributed by atoms with Crippen molar-refractivity contribution in [3.8, 4) is 11.4 Å². The molecule has 3 rings (SSSR count). The molecule has 0 unspecified atom stereocenters. The van der Waals surface area contributed by atoms with Crippen LogP contribution in [0.4, 0.5) is 10.2 Å². The Kier molecular flexibility index (Phi) is 3.31. The molecule has 0 saturated carbocycles. The fourth-order valence-corrected chi connectivity index (χ4v) is 2.33. The number of fused-ring (bicyclic) bond motifs is 1. The maximum absolute atomic E-state index is 13.8. The summed E-state index contributed by atoms with van der Waals surface area (Å²) in [7, 11) is 1.77. The largest absolute Gasteiger partial charge is 0.373 e. The molecule has 3 aromatic rings. The second-order valence-corrected chi connectivity index (χ2v) is 5.06. The van der Waals surface area contributed by atoms with Crippen LogP contribution in [0.2, 0.25) is 0 Å². The van der Waals surface area contributed by atoms with Gasteiger partial charge in [0, 0.05) is 23.1 Å². The summed E-state index contributed by atoms with van der Waals surface area (Å²) in [5.41, 5.74) is 1.03. The molecule has 0 aliphatic rings. The van der Waals surface area contributed by atoms with E-state index in [2.05, 4.69) is 36.2 Å². The van der Waals surface area contributed by atoms with Gasteiger partial charge in [0.25, 0.3) is 0 Å². The molecular formula is C14H10BrFN4.